The Labute approximate surface area is 126 Å². The zero-order valence-corrected chi connectivity index (χ0v) is 12.2. The fourth-order valence-electron chi connectivity index (χ4n) is 1.89. The lowest BCUT2D eigenvalue weighted by atomic mass is 10.2. The second-order valence-electron chi connectivity index (χ2n) is 3.96. The zero-order valence-electron chi connectivity index (χ0n) is 9.84. The lowest BCUT2D eigenvalue weighted by Crippen LogP contribution is -2.09. The number of carboxylic acids is 1. The fraction of sp³-hybridized carbons (Fsp3) is 0.0769. The van der Waals surface area contributed by atoms with E-state index in [0.29, 0.717) is 15.6 Å². The molecular formula is C13H6ClNO3S2. The van der Waals surface area contributed by atoms with Crippen molar-refractivity contribution in [3.8, 4) is 11.8 Å². The summed E-state index contributed by atoms with van der Waals surface area (Å²) >= 11 is 8.72. The Kier molecular flexibility index (Phi) is 3.26. The number of rotatable bonds is 3. The first kappa shape index (κ1) is 13.2. The number of ether oxygens (including phenoxy) is 1. The molecule has 0 aliphatic rings. The summed E-state index contributed by atoms with van der Waals surface area (Å²) in [6, 6.07) is 7.59. The molecule has 0 aliphatic carbocycles. The lowest BCUT2D eigenvalue weighted by molar-refractivity contribution is -0.139. The average molecular weight is 324 g/mol. The van der Waals surface area contributed by atoms with Gasteiger partial charge in [0.25, 0.3) is 0 Å². The van der Waals surface area contributed by atoms with Gasteiger partial charge < -0.3 is 9.84 Å². The van der Waals surface area contributed by atoms with E-state index in [-0.39, 0.29) is 0 Å². The summed E-state index contributed by atoms with van der Waals surface area (Å²) in [6.07, 6.45) is 0. The summed E-state index contributed by atoms with van der Waals surface area (Å²) in [4.78, 5) is 11.0. The highest BCUT2D eigenvalue weighted by atomic mass is 35.5. The maximum absolute atomic E-state index is 10.6. The van der Waals surface area contributed by atoms with Gasteiger partial charge in [-0.25, -0.2) is 4.79 Å². The van der Waals surface area contributed by atoms with Crippen LogP contribution in [0.15, 0.2) is 18.2 Å². The van der Waals surface area contributed by atoms with Crippen molar-refractivity contribution in [3.05, 3.63) is 28.1 Å². The van der Waals surface area contributed by atoms with Crippen molar-refractivity contribution in [1.82, 2.24) is 0 Å². The average Bonchev–Trinajstić information content (AvgIpc) is 2.90. The van der Waals surface area contributed by atoms with E-state index in [2.05, 4.69) is 6.07 Å². The maximum atomic E-state index is 10.6. The van der Waals surface area contributed by atoms with E-state index in [4.69, 9.17) is 26.7 Å². The topological polar surface area (TPSA) is 70.3 Å². The van der Waals surface area contributed by atoms with Crippen molar-refractivity contribution in [2.24, 2.45) is 0 Å². The Balaban J connectivity index is 2.23. The number of thiophene rings is 2. The van der Waals surface area contributed by atoms with Gasteiger partial charge in [0.05, 0.1) is 9.40 Å². The van der Waals surface area contributed by atoms with Gasteiger partial charge in [0.2, 0.25) is 0 Å². The molecule has 2 aromatic heterocycles. The fourth-order valence-corrected chi connectivity index (χ4v) is 4.62. The number of halogens is 1. The molecule has 2 heterocycles. The van der Waals surface area contributed by atoms with Crippen molar-refractivity contribution in [2.45, 2.75) is 0 Å². The van der Waals surface area contributed by atoms with Crippen LogP contribution in [0.5, 0.6) is 5.75 Å². The third-order valence-electron chi connectivity index (χ3n) is 2.66. The summed E-state index contributed by atoms with van der Waals surface area (Å²) in [5.74, 6) is -0.718. The van der Waals surface area contributed by atoms with Crippen LogP contribution in [0.3, 0.4) is 0 Å². The van der Waals surface area contributed by atoms with E-state index in [9.17, 15) is 4.79 Å². The molecule has 0 saturated heterocycles. The van der Waals surface area contributed by atoms with Crippen LogP contribution in [-0.2, 0) is 4.79 Å². The zero-order chi connectivity index (χ0) is 14.3. The second-order valence-corrected chi connectivity index (χ2v) is 6.46. The summed E-state index contributed by atoms with van der Waals surface area (Å²) in [6.45, 7) is -0.463. The smallest absolute Gasteiger partial charge is 0.341 e. The molecule has 1 aromatic carbocycles. The van der Waals surface area contributed by atoms with Gasteiger partial charge in [0, 0.05) is 15.1 Å². The number of nitrogens with zero attached hydrogens (tertiary/aromatic N) is 1. The third-order valence-corrected chi connectivity index (χ3v) is 5.29. The van der Waals surface area contributed by atoms with Crippen molar-refractivity contribution < 1.29 is 14.6 Å². The summed E-state index contributed by atoms with van der Waals surface area (Å²) in [5.41, 5.74) is 0. The minimum absolute atomic E-state index is 0.354. The van der Waals surface area contributed by atoms with Gasteiger partial charge in [-0.2, -0.15) is 5.26 Å². The van der Waals surface area contributed by atoms with Crippen LogP contribution in [-0.4, -0.2) is 17.7 Å². The quantitative estimate of drug-likeness (QED) is 0.787. The number of benzene rings is 1. The number of hydrogen-bond acceptors (Lipinski definition) is 5. The molecule has 0 unspecified atom stereocenters. The van der Waals surface area contributed by atoms with Crippen molar-refractivity contribution in [2.75, 3.05) is 6.61 Å². The van der Waals surface area contributed by atoms with Crippen molar-refractivity contribution in [1.29, 1.82) is 5.26 Å². The molecule has 0 fully saturated rings. The molecule has 0 atom stereocenters. The number of carbonyl (C=O) groups is 1. The van der Waals surface area contributed by atoms with E-state index in [1.54, 1.807) is 6.07 Å². The van der Waals surface area contributed by atoms with E-state index in [1.807, 2.05) is 12.1 Å². The number of nitriles is 1. The molecule has 0 amide bonds. The van der Waals surface area contributed by atoms with Gasteiger partial charge in [-0.1, -0.05) is 17.7 Å². The molecule has 1 N–H and O–H groups in total. The molecule has 7 heteroatoms. The molecule has 0 aliphatic heterocycles. The first-order valence-electron chi connectivity index (χ1n) is 5.49. The molecule has 0 saturated carbocycles. The molecule has 0 radical (unpaired) electrons. The Morgan fingerprint density at radius 2 is 2.20 bits per heavy atom. The molecule has 100 valence electrons. The van der Waals surface area contributed by atoms with E-state index < -0.39 is 12.6 Å². The first-order valence-corrected chi connectivity index (χ1v) is 7.50. The van der Waals surface area contributed by atoms with Crippen LogP contribution in [0.1, 0.15) is 4.88 Å². The SMILES string of the molecule is N#Cc1sc2c(sc3cc(Cl)ccc32)c1OCC(=O)O. The summed E-state index contributed by atoms with van der Waals surface area (Å²) in [7, 11) is 0. The second kappa shape index (κ2) is 4.94. The number of aliphatic carboxylic acids is 1. The van der Waals surface area contributed by atoms with Gasteiger partial charge >= 0.3 is 5.97 Å². The van der Waals surface area contributed by atoms with Gasteiger partial charge in [0.15, 0.2) is 12.4 Å². The molecule has 3 aromatic rings. The van der Waals surface area contributed by atoms with Crippen LogP contribution in [0.25, 0.3) is 19.5 Å². The van der Waals surface area contributed by atoms with E-state index in [0.717, 1.165) is 19.5 Å². The number of hydrogen-bond donors (Lipinski definition) is 1. The van der Waals surface area contributed by atoms with E-state index >= 15 is 0 Å². The molecule has 20 heavy (non-hydrogen) atoms. The summed E-state index contributed by atoms with van der Waals surface area (Å²) in [5, 5.41) is 19.5. The van der Waals surface area contributed by atoms with E-state index in [1.165, 1.54) is 22.7 Å². The predicted molar refractivity (Wildman–Crippen MR) is 80.1 cm³/mol. The minimum Gasteiger partial charge on any atom is -0.479 e. The Morgan fingerprint density at radius 3 is 2.90 bits per heavy atom. The highest BCUT2D eigenvalue weighted by Gasteiger charge is 2.19. The molecular weight excluding hydrogens is 318 g/mol. The highest BCUT2D eigenvalue weighted by Crippen LogP contribution is 2.47. The van der Waals surface area contributed by atoms with Crippen LogP contribution in [0.2, 0.25) is 5.02 Å². The number of carboxylic acid groups (broad SMARTS) is 1. The van der Waals surface area contributed by atoms with Gasteiger partial charge in [-0.3, -0.25) is 0 Å². The van der Waals surface area contributed by atoms with Crippen LogP contribution >= 0.6 is 34.3 Å². The van der Waals surface area contributed by atoms with Gasteiger partial charge in [-0.15, -0.1) is 22.7 Å². The van der Waals surface area contributed by atoms with Crippen molar-refractivity contribution in [3.63, 3.8) is 0 Å². The van der Waals surface area contributed by atoms with Gasteiger partial charge in [0.1, 0.15) is 10.9 Å². The van der Waals surface area contributed by atoms with Gasteiger partial charge in [-0.05, 0) is 12.1 Å². The third kappa shape index (κ3) is 2.10. The normalized spacial score (nSPS) is 10.8. The Hall–Kier alpha value is -1.81. The minimum atomic E-state index is -1.07. The highest BCUT2D eigenvalue weighted by molar-refractivity contribution is 7.33. The van der Waals surface area contributed by atoms with Crippen molar-refractivity contribution >= 4 is 59.7 Å². The lowest BCUT2D eigenvalue weighted by Gasteiger charge is -2.00. The van der Waals surface area contributed by atoms with Crippen LogP contribution in [0, 0.1) is 11.3 Å². The summed E-state index contributed by atoms with van der Waals surface area (Å²) < 4.78 is 7.98. The molecule has 0 bridgehead atoms. The molecule has 0 spiro atoms. The van der Waals surface area contributed by atoms with Crippen LogP contribution < -0.4 is 4.74 Å². The molecule has 4 nitrogen and oxygen atoms in total. The standard InChI is InChI=1S/C13H6ClNO3S2/c14-6-1-2-7-8(3-6)19-13-11(18-5-10(16)17)9(4-15)20-12(7)13/h1-3H,5H2,(H,16,17). The predicted octanol–water partition coefficient (Wildman–Crippen LogP) is 4.10. The largest absolute Gasteiger partial charge is 0.479 e. The van der Waals surface area contributed by atoms with Crippen LogP contribution in [0.4, 0.5) is 0 Å². The Morgan fingerprint density at radius 1 is 1.40 bits per heavy atom. The molecule has 3 rings (SSSR count). The monoisotopic (exact) mass is 323 g/mol. The maximum Gasteiger partial charge on any atom is 0.341 e. The first-order chi connectivity index (χ1) is 9.60. The Bertz CT molecular complexity index is 875. The number of fused-ring (bicyclic) bond motifs is 3.